The van der Waals surface area contributed by atoms with E-state index in [0.29, 0.717) is 6.42 Å². The van der Waals surface area contributed by atoms with Gasteiger partial charge in [0.1, 0.15) is 16.3 Å². The molecule has 1 aromatic heterocycles. The van der Waals surface area contributed by atoms with Crippen LogP contribution in [0.5, 0.6) is 0 Å². The maximum Gasteiger partial charge on any atom is 0.328 e. The predicted octanol–water partition coefficient (Wildman–Crippen LogP) is 0.467. The SMILES string of the molecule is CC(C)(CC(=O)N1CC[C@H](NC(=O)C2CC2)[C@H]1C(=O)O)CC(=O)N1C[C@@H](NS(=O)(=O)c2cccs2)C[C@H]1C(=O)O. The summed E-state index contributed by atoms with van der Waals surface area (Å²) in [6.45, 7) is 3.32. The molecule has 220 valence electrons. The van der Waals surface area contributed by atoms with E-state index in [0.717, 1.165) is 29.1 Å². The van der Waals surface area contributed by atoms with Gasteiger partial charge in [-0.3, -0.25) is 14.4 Å². The van der Waals surface area contributed by atoms with Crippen molar-refractivity contribution in [2.24, 2.45) is 11.3 Å². The topological polar surface area (TPSA) is 190 Å². The number of nitrogens with zero attached hydrogens (tertiary/aromatic N) is 2. The highest BCUT2D eigenvalue weighted by Gasteiger charge is 2.46. The number of carboxylic acids is 2. The first kappa shape index (κ1) is 29.9. The number of likely N-dealkylation sites (tertiary alicyclic amines) is 2. The monoisotopic (exact) mass is 598 g/mol. The van der Waals surface area contributed by atoms with Crippen molar-refractivity contribution in [3.05, 3.63) is 17.5 Å². The van der Waals surface area contributed by atoms with Crippen LogP contribution in [0.1, 0.15) is 52.4 Å². The minimum atomic E-state index is -3.87. The Morgan fingerprint density at radius 3 is 2.23 bits per heavy atom. The molecule has 3 aliphatic rings. The van der Waals surface area contributed by atoms with Crippen molar-refractivity contribution in [2.45, 2.75) is 80.7 Å². The fourth-order valence-electron chi connectivity index (χ4n) is 5.38. The molecule has 2 aliphatic heterocycles. The lowest BCUT2D eigenvalue weighted by molar-refractivity contribution is -0.151. The van der Waals surface area contributed by atoms with Gasteiger partial charge in [0.25, 0.3) is 0 Å². The highest BCUT2D eigenvalue weighted by molar-refractivity contribution is 7.91. The second-order valence-corrected chi connectivity index (χ2v) is 14.3. The Hall–Kier alpha value is -3.04. The van der Waals surface area contributed by atoms with Crippen LogP contribution in [-0.2, 0) is 34.0 Å². The first-order chi connectivity index (χ1) is 18.7. The smallest absolute Gasteiger partial charge is 0.328 e. The maximum absolute atomic E-state index is 13.3. The molecule has 13 nitrogen and oxygen atoms in total. The van der Waals surface area contributed by atoms with E-state index in [2.05, 4.69) is 10.0 Å². The fraction of sp³-hybridized carbons (Fsp3) is 0.640. The molecule has 3 amide bonds. The molecule has 0 radical (unpaired) electrons. The van der Waals surface area contributed by atoms with Crippen LogP contribution in [0.4, 0.5) is 0 Å². The average Bonchev–Trinajstić information content (AvgIpc) is 3.21. The number of carboxylic acid groups (broad SMARTS) is 2. The minimum absolute atomic E-state index is 0.0831. The number of rotatable bonds is 11. The van der Waals surface area contributed by atoms with Gasteiger partial charge in [-0.1, -0.05) is 19.9 Å². The highest BCUT2D eigenvalue weighted by Crippen LogP contribution is 2.33. The summed E-state index contributed by atoms with van der Waals surface area (Å²) in [5.41, 5.74) is -0.954. The molecule has 0 bridgehead atoms. The van der Waals surface area contributed by atoms with E-state index >= 15 is 0 Å². The molecule has 1 aliphatic carbocycles. The van der Waals surface area contributed by atoms with Crippen molar-refractivity contribution >= 4 is 51.0 Å². The van der Waals surface area contributed by atoms with Gasteiger partial charge in [-0.15, -0.1) is 11.3 Å². The molecule has 40 heavy (non-hydrogen) atoms. The molecule has 4 atom stereocenters. The van der Waals surface area contributed by atoms with Gasteiger partial charge in [0, 0.05) is 37.9 Å². The Morgan fingerprint density at radius 2 is 1.68 bits per heavy atom. The molecule has 2 saturated heterocycles. The largest absolute Gasteiger partial charge is 0.480 e. The van der Waals surface area contributed by atoms with Gasteiger partial charge in [0.2, 0.25) is 27.7 Å². The normalized spacial score (nSPS) is 25.1. The van der Waals surface area contributed by atoms with Crippen LogP contribution in [0.2, 0.25) is 0 Å². The highest BCUT2D eigenvalue weighted by atomic mass is 32.2. The molecule has 4 rings (SSSR count). The number of nitrogens with one attached hydrogen (secondary N) is 2. The molecule has 1 aromatic rings. The Morgan fingerprint density at radius 1 is 1.02 bits per heavy atom. The molecule has 0 spiro atoms. The van der Waals surface area contributed by atoms with Crippen LogP contribution >= 0.6 is 11.3 Å². The molecule has 15 heteroatoms. The van der Waals surface area contributed by atoms with E-state index in [1.807, 2.05) is 0 Å². The first-order valence-electron chi connectivity index (χ1n) is 13.1. The summed E-state index contributed by atoms with van der Waals surface area (Å²) in [5.74, 6) is -3.82. The summed E-state index contributed by atoms with van der Waals surface area (Å²) in [6, 6.07) is -0.939. The molecule has 0 unspecified atom stereocenters. The molecular formula is C25H34N4O9S2. The number of carbonyl (C=O) groups is 5. The molecular weight excluding hydrogens is 564 g/mol. The summed E-state index contributed by atoms with van der Waals surface area (Å²) in [4.78, 5) is 64.9. The Balaban J connectivity index is 1.38. The number of thiophene rings is 1. The fourth-order valence-corrected chi connectivity index (χ4v) is 7.63. The quantitative estimate of drug-likeness (QED) is 0.280. The number of carbonyl (C=O) groups excluding carboxylic acids is 3. The third-order valence-corrected chi connectivity index (χ3v) is 10.4. The molecule has 3 fully saturated rings. The Bertz CT molecular complexity index is 1280. The van der Waals surface area contributed by atoms with Crippen LogP contribution in [0.15, 0.2) is 21.7 Å². The predicted molar refractivity (Wildman–Crippen MR) is 142 cm³/mol. The zero-order chi connectivity index (χ0) is 29.4. The standard InChI is InChI=1S/C25H34N4O9S2/c1-25(2,11-18(30)28-8-7-16(21(28)24(35)36)26-22(32)14-5-6-14)12-19(31)29-13-15(10-17(29)23(33)34)27-40(37,38)20-4-3-9-39-20/h3-4,9,14-17,21,27H,5-8,10-13H2,1-2H3,(H,26,32)(H,33,34)(H,35,36)/t15-,16-,17-,21-/m0/s1. The zero-order valence-electron chi connectivity index (χ0n) is 22.2. The van der Waals surface area contributed by atoms with E-state index in [4.69, 9.17) is 0 Å². The Kier molecular flexibility index (Phi) is 8.57. The van der Waals surface area contributed by atoms with E-state index in [1.54, 1.807) is 25.3 Å². The van der Waals surface area contributed by atoms with Gasteiger partial charge in [-0.05, 0) is 42.5 Å². The number of amides is 3. The van der Waals surface area contributed by atoms with Crippen molar-refractivity contribution < 1.29 is 42.6 Å². The summed E-state index contributed by atoms with van der Waals surface area (Å²) >= 11 is 1.02. The second-order valence-electron chi connectivity index (χ2n) is 11.5. The van der Waals surface area contributed by atoms with E-state index in [-0.39, 0.29) is 48.4 Å². The van der Waals surface area contributed by atoms with Gasteiger partial charge in [0.15, 0.2) is 0 Å². The van der Waals surface area contributed by atoms with E-state index in [9.17, 15) is 42.6 Å². The van der Waals surface area contributed by atoms with Crippen molar-refractivity contribution in [3.8, 4) is 0 Å². The molecule has 0 aromatic carbocycles. The maximum atomic E-state index is 13.3. The zero-order valence-corrected chi connectivity index (χ0v) is 23.9. The van der Waals surface area contributed by atoms with Crippen LogP contribution in [0, 0.1) is 11.3 Å². The van der Waals surface area contributed by atoms with E-state index in [1.165, 1.54) is 11.0 Å². The van der Waals surface area contributed by atoms with E-state index < -0.39 is 63.4 Å². The third-order valence-electron chi connectivity index (χ3n) is 7.49. The van der Waals surface area contributed by atoms with Gasteiger partial charge >= 0.3 is 11.9 Å². The number of hydrogen-bond donors (Lipinski definition) is 4. The lowest BCUT2D eigenvalue weighted by Crippen LogP contribution is -2.52. The lowest BCUT2D eigenvalue weighted by Gasteiger charge is -2.31. The van der Waals surface area contributed by atoms with Gasteiger partial charge in [0.05, 0.1) is 6.04 Å². The summed E-state index contributed by atoms with van der Waals surface area (Å²) < 4.78 is 27.8. The first-order valence-corrected chi connectivity index (χ1v) is 15.5. The van der Waals surface area contributed by atoms with Crippen molar-refractivity contribution in [2.75, 3.05) is 13.1 Å². The second kappa shape index (κ2) is 11.4. The van der Waals surface area contributed by atoms with Gasteiger partial charge in [-0.25, -0.2) is 22.7 Å². The summed E-state index contributed by atoms with van der Waals surface area (Å²) in [5, 5.41) is 23.9. The number of sulfonamides is 1. The summed E-state index contributed by atoms with van der Waals surface area (Å²) in [6.07, 6.45) is 1.35. The van der Waals surface area contributed by atoms with Crippen molar-refractivity contribution in [1.82, 2.24) is 19.8 Å². The van der Waals surface area contributed by atoms with Crippen molar-refractivity contribution in [3.63, 3.8) is 0 Å². The third kappa shape index (κ3) is 6.81. The lowest BCUT2D eigenvalue weighted by atomic mass is 9.84. The van der Waals surface area contributed by atoms with Crippen LogP contribution < -0.4 is 10.0 Å². The Labute approximate surface area is 235 Å². The van der Waals surface area contributed by atoms with Crippen LogP contribution in [-0.4, -0.2) is 95.3 Å². The van der Waals surface area contributed by atoms with Crippen molar-refractivity contribution in [1.29, 1.82) is 0 Å². The van der Waals surface area contributed by atoms with Crippen LogP contribution in [0.25, 0.3) is 0 Å². The van der Waals surface area contributed by atoms with Gasteiger partial charge < -0.3 is 25.3 Å². The number of aliphatic carboxylic acids is 2. The minimum Gasteiger partial charge on any atom is -0.480 e. The molecule has 1 saturated carbocycles. The molecule has 3 heterocycles. The molecule has 4 N–H and O–H groups in total. The average molecular weight is 599 g/mol. The van der Waals surface area contributed by atoms with Gasteiger partial charge in [-0.2, -0.15) is 0 Å². The summed E-state index contributed by atoms with van der Waals surface area (Å²) in [7, 11) is -3.87. The number of hydrogen-bond acceptors (Lipinski definition) is 8. The van der Waals surface area contributed by atoms with Crippen LogP contribution in [0.3, 0.4) is 0 Å².